The second kappa shape index (κ2) is 9.50. The molecule has 0 amide bonds. The number of aldehydes is 1. The predicted octanol–water partition coefficient (Wildman–Crippen LogP) is 1.28. The molecular formula is C17H21Cl2N7O. The van der Waals surface area contributed by atoms with Crippen LogP contribution in [0.1, 0.15) is 5.56 Å². The molecule has 0 aromatic carbocycles. The van der Waals surface area contributed by atoms with Gasteiger partial charge in [-0.1, -0.05) is 6.07 Å². The van der Waals surface area contributed by atoms with Gasteiger partial charge in [0.05, 0.1) is 0 Å². The summed E-state index contributed by atoms with van der Waals surface area (Å²) in [6.07, 6.45) is 7.66. The van der Waals surface area contributed by atoms with Gasteiger partial charge in [-0.3, -0.25) is 9.99 Å². The number of carbonyl (C=O) groups is 1. The maximum absolute atomic E-state index is 11.7. The molecule has 0 bridgehead atoms. The zero-order valence-corrected chi connectivity index (χ0v) is 16.0. The Balaban J connectivity index is 0.00000131. The third-order valence-corrected chi connectivity index (χ3v) is 4.42. The van der Waals surface area contributed by atoms with Crippen molar-refractivity contribution in [2.45, 2.75) is 6.04 Å². The lowest BCUT2D eigenvalue weighted by Gasteiger charge is -2.27. The minimum Gasteiger partial charge on any atom is -0.370 e. The van der Waals surface area contributed by atoms with Crippen LogP contribution in [0.4, 0.5) is 11.6 Å². The number of anilines is 2. The van der Waals surface area contributed by atoms with Crippen molar-refractivity contribution >= 4 is 48.3 Å². The number of hydrogen-bond acceptors (Lipinski definition) is 8. The number of pyridine rings is 1. The Labute approximate surface area is 169 Å². The second-order valence-electron chi connectivity index (χ2n) is 6.09. The zero-order valence-electron chi connectivity index (χ0n) is 14.4. The normalized spacial score (nSPS) is 18.3. The van der Waals surface area contributed by atoms with Gasteiger partial charge in [-0.05, 0) is 6.07 Å². The number of rotatable bonds is 6. The molecule has 27 heavy (non-hydrogen) atoms. The highest BCUT2D eigenvalue weighted by Gasteiger charge is 2.29. The molecule has 2 aliphatic heterocycles. The third-order valence-electron chi connectivity index (χ3n) is 4.42. The van der Waals surface area contributed by atoms with Gasteiger partial charge in [-0.15, -0.1) is 24.8 Å². The van der Waals surface area contributed by atoms with Crippen LogP contribution in [0, 0.1) is 5.92 Å². The number of halogens is 2. The third kappa shape index (κ3) is 4.47. The highest BCUT2D eigenvalue weighted by atomic mass is 35.5. The van der Waals surface area contributed by atoms with Crippen molar-refractivity contribution in [2.24, 2.45) is 5.92 Å². The average molecular weight is 410 g/mol. The molecule has 1 fully saturated rings. The van der Waals surface area contributed by atoms with E-state index in [1.165, 1.54) is 6.33 Å². The van der Waals surface area contributed by atoms with E-state index in [1.807, 2.05) is 24.4 Å². The van der Waals surface area contributed by atoms with E-state index in [0.717, 1.165) is 42.9 Å². The number of nitrogens with zero attached hydrogens (tertiary/aromatic N) is 4. The maximum atomic E-state index is 11.7. The van der Waals surface area contributed by atoms with Crippen LogP contribution < -0.4 is 21.1 Å². The molecule has 1 saturated heterocycles. The van der Waals surface area contributed by atoms with Gasteiger partial charge >= 0.3 is 0 Å². The van der Waals surface area contributed by atoms with Crippen LogP contribution in [-0.4, -0.2) is 46.9 Å². The van der Waals surface area contributed by atoms with E-state index < -0.39 is 6.04 Å². The van der Waals surface area contributed by atoms with E-state index in [1.54, 1.807) is 17.4 Å². The quantitative estimate of drug-likeness (QED) is 0.614. The van der Waals surface area contributed by atoms with E-state index in [4.69, 9.17) is 0 Å². The van der Waals surface area contributed by atoms with Crippen LogP contribution in [-0.2, 0) is 4.79 Å². The van der Waals surface area contributed by atoms with E-state index in [0.29, 0.717) is 11.7 Å². The van der Waals surface area contributed by atoms with Crippen LogP contribution in [0.2, 0.25) is 0 Å². The van der Waals surface area contributed by atoms with Crippen molar-refractivity contribution in [3.63, 3.8) is 0 Å². The molecule has 1 atom stereocenters. The SMILES string of the molecule is Cl.Cl.O=CC1C(c2cccnc2)=CNN1c1cc(NCC2CNC2)ncn1. The first-order chi connectivity index (χ1) is 12.3. The molecular weight excluding hydrogens is 389 g/mol. The monoisotopic (exact) mass is 409 g/mol. The highest BCUT2D eigenvalue weighted by molar-refractivity contribution is 5.90. The lowest BCUT2D eigenvalue weighted by Crippen LogP contribution is -2.45. The van der Waals surface area contributed by atoms with Gasteiger partial charge in [0.25, 0.3) is 0 Å². The van der Waals surface area contributed by atoms with Crippen LogP contribution in [0.3, 0.4) is 0 Å². The Kier molecular flexibility index (Phi) is 7.35. The Morgan fingerprint density at radius 3 is 2.81 bits per heavy atom. The summed E-state index contributed by atoms with van der Waals surface area (Å²) in [5.74, 6) is 2.01. The molecule has 0 aliphatic carbocycles. The first kappa shape index (κ1) is 20.9. The van der Waals surface area contributed by atoms with Crippen LogP contribution in [0.15, 0.2) is 43.1 Å². The molecule has 0 saturated carbocycles. The first-order valence-corrected chi connectivity index (χ1v) is 8.23. The van der Waals surface area contributed by atoms with Gasteiger partial charge in [0.2, 0.25) is 0 Å². The van der Waals surface area contributed by atoms with Gasteiger partial charge < -0.3 is 20.9 Å². The van der Waals surface area contributed by atoms with Gasteiger partial charge in [0.1, 0.15) is 24.5 Å². The van der Waals surface area contributed by atoms with Gasteiger partial charge in [-0.2, -0.15) is 0 Å². The van der Waals surface area contributed by atoms with Crippen molar-refractivity contribution in [1.29, 1.82) is 0 Å². The fourth-order valence-electron chi connectivity index (χ4n) is 2.89. The first-order valence-electron chi connectivity index (χ1n) is 8.23. The van der Waals surface area contributed by atoms with E-state index in [-0.39, 0.29) is 24.8 Å². The summed E-state index contributed by atoms with van der Waals surface area (Å²) in [6.45, 7) is 2.93. The largest absolute Gasteiger partial charge is 0.370 e. The predicted molar refractivity (Wildman–Crippen MR) is 109 cm³/mol. The highest BCUT2D eigenvalue weighted by Crippen LogP contribution is 2.27. The van der Waals surface area contributed by atoms with Crippen molar-refractivity contribution in [1.82, 2.24) is 25.7 Å². The zero-order chi connectivity index (χ0) is 17.1. The summed E-state index contributed by atoms with van der Waals surface area (Å²) in [5.41, 5.74) is 4.88. The number of hydrazine groups is 1. The van der Waals surface area contributed by atoms with E-state index >= 15 is 0 Å². The smallest absolute Gasteiger partial charge is 0.153 e. The summed E-state index contributed by atoms with van der Waals surface area (Å²) in [7, 11) is 0. The molecule has 3 N–H and O–H groups in total. The molecule has 8 nitrogen and oxygen atoms in total. The minimum atomic E-state index is -0.470. The van der Waals surface area contributed by atoms with Crippen LogP contribution in [0.25, 0.3) is 5.57 Å². The molecule has 2 aromatic heterocycles. The summed E-state index contributed by atoms with van der Waals surface area (Å²) >= 11 is 0. The van der Waals surface area contributed by atoms with Crippen LogP contribution >= 0.6 is 24.8 Å². The molecule has 4 rings (SSSR count). The van der Waals surface area contributed by atoms with E-state index in [9.17, 15) is 4.79 Å². The molecule has 4 heterocycles. The van der Waals surface area contributed by atoms with Gasteiger partial charge in [-0.25, -0.2) is 9.97 Å². The van der Waals surface area contributed by atoms with Crippen molar-refractivity contribution < 1.29 is 4.79 Å². The Hall–Kier alpha value is -2.42. The molecule has 144 valence electrons. The lowest BCUT2D eigenvalue weighted by molar-refractivity contribution is -0.107. The summed E-state index contributed by atoms with van der Waals surface area (Å²) < 4.78 is 0. The molecule has 1 unspecified atom stereocenters. The minimum absolute atomic E-state index is 0. The van der Waals surface area contributed by atoms with Gasteiger partial charge in [0.15, 0.2) is 5.82 Å². The summed E-state index contributed by atoms with van der Waals surface area (Å²) in [5, 5.41) is 8.30. The van der Waals surface area contributed by atoms with Crippen molar-refractivity contribution in [2.75, 3.05) is 30.0 Å². The fourth-order valence-corrected chi connectivity index (χ4v) is 2.89. The Morgan fingerprint density at radius 2 is 2.15 bits per heavy atom. The molecule has 2 aromatic rings. The maximum Gasteiger partial charge on any atom is 0.153 e. The van der Waals surface area contributed by atoms with Crippen LogP contribution in [0.5, 0.6) is 0 Å². The number of hydrogen-bond donors (Lipinski definition) is 3. The Bertz CT molecular complexity index is 786. The van der Waals surface area contributed by atoms with Crippen molar-refractivity contribution in [3.8, 4) is 0 Å². The average Bonchev–Trinajstić information content (AvgIpc) is 3.05. The lowest BCUT2D eigenvalue weighted by atomic mass is 10.0. The molecule has 0 spiro atoms. The fraction of sp³-hybridized carbons (Fsp3) is 0.294. The van der Waals surface area contributed by atoms with Gasteiger partial charge in [0, 0.05) is 61.3 Å². The number of aromatic nitrogens is 3. The van der Waals surface area contributed by atoms with E-state index in [2.05, 4.69) is 31.0 Å². The number of carbonyl (C=O) groups excluding carboxylic acids is 1. The Morgan fingerprint density at radius 1 is 1.30 bits per heavy atom. The molecule has 0 radical (unpaired) electrons. The summed E-state index contributed by atoms with van der Waals surface area (Å²) in [4.78, 5) is 24.4. The standard InChI is InChI=1S/C17H19N7O.2ClH/c25-10-15-14(13-2-1-3-18-8-13)9-23-24(15)17-4-16(21-11-22-17)20-7-12-5-19-6-12;;/h1-4,8-12,15,19,23H,5-7H2,(H,20,21,22);2*1H. The molecule has 2 aliphatic rings. The number of nitrogens with one attached hydrogen (secondary N) is 3. The summed E-state index contributed by atoms with van der Waals surface area (Å²) in [6, 6.07) is 5.15. The molecule has 10 heteroatoms. The second-order valence-corrected chi connectivity index (χ2v) is 6.09. The topological polar surface area (TPSA) is 95.1 Å². The van der Waals surface area contributed by atoms with Crippen molar-refractivity contribution in [3.05, 3.63) is 48.7 Å².